The topological polar surface area (TPSA) is 50.8 Å². The Morgan fingerprint density at radius 2 is 1.95 bits per heavy atom. The Hall–Kier alpha value is -0.810. The number of piperidine rings is 1. The second kappa shape index (κ2) is 7.84. The first kappa shape index (κ1) is 17.2. The number of likely N-dealkylation sites (tertiary alicyclic amines) is 1. The van der Waals surface area contributed by atoms with E-state index in [1.54, 1.807) is 7.11 Å². The summed E-state index contributed by atoms with van der Waals surface area (Å²) in [6.45, 7) is 11.2. The fraction of sp³-hybridized carbons (Fsp3) is 0.933. The average Bonchev–Trinajstić information content (AvgIpc) is 2.37. The van der Waals surface area contributed by atoms with Crippen LogP contribution in [0.4, 0.5) is 4.79 Å². The Morgan fingerprint density at radius 3 is 2.45 bits per heavy atom. The summed E-state index contributed by atoms with van der Waals surface area (Å²) in [5.41, 5.74) is -0.411. The molecule has 0 radical (unpaired) electrons. The van der Waals surface area contributed by atoms with Crippen molar-refractivity contribution in [1.82, 2.24) is 10.2 Å². The lowest BCUT2D eigenvalue weighted by molar-refractivity contribution is 0.0183. The molecule has 1 amide bonds. The molecule has 0 saturated carbocycles. The maximum Gasteiger partial charge on any atom is 0.410 e. The lowest BCUT2D eigenvalue weighted by Crippen LogP contribution is -2.43. The molecule has 0 spiro atoms. The number of carbonyl (C=O) groups is 1. The minimum Gasteiger partial charge on any atom is -0.444 e. The molecule has 5 heteroatoms. The Balaban J connectivity index is 2.21. The number of nitrogens with zero attached hydrogens (tertiary/aromatic N) is 1. The molecule has 0 aliphatic carbocycles. The SMILES string of the molecule is COC(C)CNCC1CCN(C(=O)OC(C)(C)C)CC1. The molecule has 1 aliphatic heterocycles. The summed E-state index contributed by atoms with van der Waals surface area (Å²) in [5, 5.41) is 3.43. The highest BCUT2D eigenvalue weighted by molar-refractivity contribution is 5.68. The number of methoxy groups -OCH3 is 1. The van der Waals surface area contributed by atoms with Crippen molar-refractivity contribution in [2.24, 2.45) is 5.92 Å². The Kier molecular flexibility index (Phi) is 6.76. The summed E-state index contributed by atoms with van der Waals surface area (Å²) >= 11 is 0. The number of hydrogen-bond donors (Lipinski definition) is 1. The normalized spacial score (nSPS) is 18.9. The molecule has 5 nitrogen and oxygen atoms in total. The van der Waals surface area contributed by atoms with Crippen molar-refractivity contribution in [1.29, 1.82) is 0 Å². The molecule has 1 fully saturated rings. The molecule has 0 bridgehead atoms. The van der Waals surface area contributed by atoms with Crippen LogP contribution < -0.4 is 5.32 Å². The second-order valence-corrected chi connectivity index (χ2v) is 6.62. The lowest BCUT2D eigenvalue weighted by Gasteiger charge is -2.33. The van der Waals surface area contributed by atoms with Crippen LogP contribution in [0, 0.1) is 5.92 Å². The van der Waals surface area contributed by atoms with E-state index in [9.17, 15) is 4.79 Å². The summed E-state index contributed by atoms with van der Waals surface area (Å²) in [4.78, 5) is 13.8. The van der Waals surface area contributed by atoms with Crippen molar-refractivity contribution in [3.8, 4) is 0 Å². The molecule has 1 rings (SSSR count). The molecule has 1 aliphatic rings. The van der Waals surface area contributed by atoms with Crippen molar-refractivity contribution in [2.45, 2.75) is 52.2 Å². The molecule has 1 N–H and O–H groups in total. The smallest absolute Gasteiger partial charge is 0.410 e. The quantitative estimate of drug-likeness (QED) is 0.842. The van der Waals surface area contributed by atoms with Crippen LogP contribution in [-0.2, 0) is 9.47 Å². The van der Waals surface area contributed by atoms with E-state index in [4.69, 9.17) is 9.47 Å². The maximum atomic E-state index is 11.9. The minimum absolute atomic E-state index is 0.183. The number of carbonyl (C=O) groups excluding carboxylic acids is 1. The Labute approximate surface area is 123 Å². The molecule has 0 aromatic heterocycles. The molecular weight excluding hydrogens is 256 g/mol. The number of amides is 1. The van der Waals surface area contributed by atoms with Gasteiger partial charge in [0, 0.05) is 26.7 Å². The zero-order valence-corrected chi connectivity index (χ0v) is 13.6. The van der Waals surface area contributed by atoms with Crippen LogP contribution in [0.25, 0.3) is 0 Å². The van der Waals surface area contributed by atoms with Crippen LogP contribution in [-0.4, -0.2) is 56.0 Å². The fourth-order valence-corrected chi connectivity index (χ4v) is 2.22. The van der Waals surface area contributed by atoms with E-state index in [0.717, 1.165) is 39.0 Å². The first-order chi connectivity index (χ1) is 9.31. The van der Waals surface area contributed by atoms with Gasteiger partial charge < -0.3 is 19.7 Å². The first-order valence-corrected chi connectivity index (χ1v) is 7.53. The number of rotatable bonds is 5. The van der Waals surface area contributed by atoms with Crippen molar-refractivity contribution in [2.75, 3.05) is 33.3 Å². The van der Waals surface area contributed by atoms with Crippen LogP contribution >= 0.6 is 0 Å². The number of nitrogens with one attached hydrogen (secondary N) is 1. The third-order valence-corrected chi connectivity index (χ3v) is 3.53. The second-order valence-electron chi connectivity index (χ2n) is 6.62. The molecule has 20 heavy (non-hydrogen) atoms. The Morgan fingerprint density at radius 1 is 1.35 bits per heavy atom. The van der Waals surface area contributed by atoms with Gasteiger partial charge in [-0.3, -0.25) is 0 Å². The summed E-state index contributed by atoms with van der Waals surface area (Å²) in [5.74, 6) is 0.637. The van der Waals surface area contributed by atoms with Gasteiger partial charge in [-0.15, -0.1) is 0 Å². The highest BCUT2D eigenvalue weighted by Crippen LogP contribution is 2.19. The Bertz CT molecular complexity index is 294. The van der Waals surface area contributed by atoms with Gasteiger partial charge in [0.05, 0.1) is 6.10 Å². The zero-order chi connectivity index (χ0) is 15.2. The standard InChI is InChI=1S/C15H30N2O3/c1-12(19-5)10-16-11-13-6-8-17(9-7-13)14(18)20-15(2,3)4/h12-13,16H,6-11H2,1-5H3. The lowest BCUT2D eigenvalue weighted by atomic mass is 9.97. The predicted molar refractivity (Wildman–Crippen MR) is 79.9 cm³/mol. The van der Waals surface area contributed by atoms with Crippen LogP contribution in [0.2, 0.25) is 0 Å². The van der Waals surface area contributed by atoms with Gasteiger partial charge in [-0.1, -0.05) is 0 Å². The fourth-order valence-electron chi connectivity index (χ4n) is 2.22. The molecular formula is C15H30N2O3. The summed E-state index contributed by atoms with van der Waals surface area (Å²) in [6.07, 6.45) is 2.13. The van der Waals surface area contributed by atoms with Gasteiger partial charge in [-0.2, -0.15) is 0 Å². The molecule has 118 valence electrons. The summed E-state index contributed by atoms with van der Waals surface area (Å²) < 4.78 is 10.6. The van der Waals surface area contributed by atoms with E-state index >= 15 is 0 Å². The van der Waals surface area contributed by atoms with Crippen LogP contribution in [0.3, 0.4) is 0 Å². The molecule has 0 aromatic carbocycles. The monoisotopic (exact) mass is 286 g/mol. The van der Waals surface area contributed by atoms with E-state index in [2.05, 4.69) is 12.2 Å². The molecule has 1 unspecified atom stereocenters. The van der Waals surface area contributed by atoms with E-state index in [1.165, 1.54) is 0 Å². The van der Waals surface area contributed by atoms with E-state index in [0.29, 0.717) is 5.92 Å². The van der Waals surface area contributed by atoms with Crippen molar-refractivity contribution in [3.63, 3.8) is 0 Å². The van der Waals surface area contributed by atoms with Crippen molar-refractivity contribution < 1.29 is 14.3 Å². The van der Waals surface area contributed by atoms with Gasteiger partial charge in [-0.05, 0) is 53.0 Å². The third-order valence-electron chi connectivity index (χ3n) is 3.53. The van der Waals surface area contributed by atoms with Gasteiger partial charge >= 0.3 is 6.09 Å². The first-order valence-electron chi connectivity index (χ1n) is 7.53. The van der Waals surface area contributed by atoms with E-state index < -0.39 is 5.60 Å². The largest absolute Gasteiger partial charge is 0.444 e. The highest BCUT2D eigenvalue weighted by Gasteiger charge is 2.26. The minimum atomic E-state index is -0.411. The predicted octanol–water partition coefficient (Wildman–Crippen LogP) is 2.26. The van der Waals surface area contributed by atoms with Crippen LogP contribution in [0.5, 0.6) is 0 Å². The number of hydrogen-bond acceptors (Lipinski definition) is 4. The van der Waals surface area contributed by atoms with Gasteiger partial charge in [0.25, 0.3) is 0 Å². The third kappa shape index (κ3) is 6.57. The van der Waals surface area contributed by atoms with E-state index in [1.807, 2.05) is 25.7 Å². The van der Waals surface area contributed by atoms with Crippen molar-refractivity contribution in [3.05, 3.63) is 0 Å². The average molecular weight is 286 g/mol. The molecule has 1 heterocycles. The van der Waals surface area contributed by atoms with Crippen molar-refractivity contribution >= 4 is 6.09 Å². The number of ether oxygens (including phenoxy) is 2. The van der Waals surface area contributed by atoms with Crippen LogP contribution in [0.15, 0.2) is 0 Å². The molecule has 1 saturated heterocycles. The van der Waals surface area contributed by atoms with Gasteiger partial charge in [0.2, 0.25) is 0 Å². The summed E-state index contributed by atoms with van der Waals surface area (Å²) in [7, 11) is 1.73. The van der Waals surface area contributed by atoms with Gasteiger partial charge in [-0.25, -0.2) is 4.79 Å². The van der Waals surface area contributed by atoms with E-state index in [-0.39, 0.29) is 12.2 Å². The van der Waals surface area contributed by atoms with Gasteiger partial charge in [0.1, 0.15) is 5.60 Å². The van der Waals surface area contributed by atoms with Crippen LogP contribution in [0.1, 0.15) is 40.5 Å². The summed E-state index contributed by atoms with van der Waals surface area (Å²) in [6, 6.07) is 0. The zero-order valence-electron chi connectivity index (χ0n) is 13.6. The van der Waals surface area contributed by atoms with Gasteiger partial charge in [0.15, 0.2) is 0 Å². The molecule has 1 atom stereocenters. The maximum absolute atomic E-state index is 11.9. The highest BCUT2D eigenvalue weighted by atomic mass is 16.6. The molecule has 0 aromatic rings.